The smallest absolute Gasteiger partial charge is 0.241 e. The molecule has 108 valence electrons. The van der Waals surface area contributed by atoms with Gasteiger partial charge >= 0.3 is 0 Å². The van der Waals surface area contributed by atoms with E-state index in [0.717, 1.165) is 18.8 Å². The second kappa shape index (κ2) is 6.89. The molecular weight excluding hydrogens is 272 g/mol. The first-order valence-electron chi connectivity index (χ1n) is 6.91. The number of hydrogen-bond donors (Lipinski definition) is 2. The third kappa shape index (κ3) is 4.34. The molecule has 0 aromatic heterocycles. The van der Waals surface area contributed by atoms with E-state index in [0.29, 0.717) is 12.1 Å². The molecule has 5 heteroatoms. The molecule has 0 heterocycles. The van der Waals surface area contributed by atoms with Crippen molar-refractivity contribution in [3.63, 3.8) is 0 Å². The average Bonchev–Trinajstić information content (AvgIpc) is 3.26. The molecule has 0 radical (unpaired) electrons. The number of hydrogen-bond acceptors (Lipinski definition) is 3. The minimum atomic E-state index is -3.49. The molecular formula is C15H20N2O2S. The number of benzene rings is 1. The standard InChI is InChI=1S/C15H20N2O2S/c16-11-3-7-14-6-1-2-8-15(14)20(18,19)17-12-4-5-13-9-10-13/h1-2,6,8,13,17H,4-5,9-12,16H2. The molecule has 4 nitrogen and oxygen atoms in total. The molecule has 1 saturated carbocycles. The van der Waals surface area contributed by atoms with Crippen LogP contribution in [0.2, 0.25) is 0 Å². The topological polar surface area (TPSA) is 72.2 Å². The third-order valence-electron chi connectivity index (χ3n) is 3.28. The fourth-order valence-electron chi connectivity index (χ4n) is 2.03. The van der Waals surface area contributed by atoms with Gasteiger partial charge in [0, 0.05) is 12.1 Å². The van der Waals surface area contributed by atoms with Crippen LogP contribution in [0.25, 0.3) is 0 Å². The Kier molecular flexibility index (Phi) is 5.18. The predicted molar refractivity (Wildman–Crippen MR) is 79.5 cm³/mol. The molecule has 0 spiro atoms. The zero-order valence-electron chi connectivity index (χ0n) is 11.4. The number of nitrogens with one attached hydrogen (secondary N) is 1. The van der Waals surface area contributed by atoms with E-state index in [1.54, 1.807) is 24.3 Å². The average molecular weight is 292 g/mol. The number of sulfonamides is 1. The van der Waals surface area contributed by atoms with Gasteiger partial charge in [0.15, 0.2) is 0 Å². The third-order valence-corrected chi connectivity index (χ3v) is 4.80. The van der Waals surface area contributed by atoms with E-state index in [2.05, 4.69) is 16.6 Å². The molecule has 1 fully saturated rings. The summed E-state index contributed by atoms with van der Waals surface area (Å²) in [6.07, 6.45) is 4.59. The van der Waals surface area contributed by atoms with Gasteiger partial charge in [-0.25, -0.2) is 13.1 Å². The minimum absolute atomic E-state index is 0.212. The van der Waals surface area contributed by atoms with Crippen LogP contribution in [0.3, 0.4) is 0 Å². The summed E-state index contributed by atoms with van der Waals surface area (Å²) in [7, 11) is -3.49. The SMILES string of the molecule is NCC#Cc1ccccc1S(=O)(=O)NCCCC1CC1. The summed E-state index contributed by atoms with van der Waals surface area (Å²) in [5.74, 6) is 6.32. The molecule has 0 unspecified atom stereocenters. The summed E-state index contributed by atoms with van der Waals surface area (Å²) in [5.41, 5.74) is 5.82. The minimum Gasteiger partial charge on any atom is -0.320 e. The zero-order chi connectivity index (χ0) is 14.4. The normalized spacial score (nSPS) is 14.7. The highest BCUT2D eigenvalue weighted by atomic mass is 32.2. The molecule has 0 atom stereocenters. The lowest BCUT2D eigenvalue weighted by molar-refractivity contribution is 0.572. The van der Waals surface area contributed by atoms with Crippen LogP contribution >= 0.6 is 0 Å². The van der Waals surface area contributed by atoms with Crippen LogP contribution < -0.4 is 10.5 Å². The molecule has 1 aliphatic rings. The molecule has 1 aliphatic carbocycles. The van der Waals surface area contributed by atoms with Gasteiger partial charge in [0.05, 0.1) is 11.4 Å². The first kappa shape index (κ1) is 15.0. The molecule has 1 aromatic rings. The number of rotatable bonds is 6. The summed E-state index contributed by atoms with van der Waals surface area (Å²) < 4.78 is 27.2. The predicted octanol–water partition coefficient (Wildman–Crippen LogP) is 1.47. The van der Waals surface area contributed by atoms with Crippen LogP contribution in [-0.2, 0) is 10.0 Å². The van der Waals surface area contributed by atoms with Crippen LogP contribution in [0, 0.1) is 17.8 Å². The van der Waals surface area contributed by atoms with Crippen molar-refractivity contribution in [1.82, 2.24) is 4.72 Å². The van der Waals surface area contributed by atoms with Crippen molar-refractivity contribution in [2.75, 3.05) is 13.1 Å². The van der Waals surface area contributed by atoms with Gasteiger partial charge in [-0.2, -0.15) is 0 Å². The lowest BCUT2D eigenvalue weighted by atomic mass is 10.2. The van der Waals surface area contributed by atoms with Crippen LogP contribution in [0.1, 0.15) is 31.2 Å². The van der Waals surface area contributed by atoms with E-state index in [9.17, 15) is 8.42 Å². The highest BCUT2D eigenvalue weighted by Gasteiger charge is 2.21. The van der Waals surface area contributed by atoms with Crippen molar-refractivity contribution in [3.05, 3.63) is 29.8 Å². The first-order chi connectivity index (χ1) is 9.63. The van der Waals surface area contributed by atoms with E-state index in [1.807, 2.05) is 0 Å². The summed E-state index contributed by atoms with van der Waals surface area (Å²) in [4.78, 5) is 0.229. The van der Waals surface area contributed by atoms with Crippen molar-refractivity contribution in [2.24, 2.45) is 11.7 Å². The summed E-state index contributed by atoms with van der Waals surface area (Å²) >= 11 is 0. The Morgan fingerprint density at radius 2 is 2.05 bits per heavy atom. The van der Waals surface area contributed by atoms with Gasteiger partial charge in [0.25, 0.3) is 0 Å². The molecule has 0 bridgehead atoms. The summed E-state index contributed by atoms with van der Waals surface area (Å²) in [5, 5.41) is 0. The highest BCUT2D eigenvalue weighted by Crippen LogP contribution is 2.33. The van der Waals surface area contributed by atoms with Gasteiger partial charge in [-0.3, -0.25) is 0 Å². The zero-order valence-corrected chi connectivity index (χ0v) is 12.2. The van der Waals surface area contributed by atoms with E-state index < -0.39 is 10.0 Å². The van der Waals surface area contributed by atoms with E-state index in [4.69, 9.17) is 5.73 Å². The quantitative estimate of drug-likeness (QED) is 0.616. The Bertz CT molecular complexity index is 610. The van der Waals surface area contributed by atoms with Crippen LogP contribution in [0.4, 0.5) is 0 Å². The summed E-state index contributed by atoms with van der Waals surface area (Å²) in [6, 6.07) is 6.74. The van der Waals surface area contributed by atoms with Gasteiger partial charge in [-0.15, -0.1) is 0 Å². The fourth-order valence-corrected chi connectivity index (χ4v) is 3.27. The maximum atomic E-state index is 12.3. The van der Waals surface area contributed by atoms with Crippen LogP contribution in [0.15, 0.2) is 29.2 Å². The molecule has 2 rings (SSSR count). The monoisotopic (exact) mass is 292 g/mol. The van der Waals surface area contributed by atoms with Crippen LogP contribution in [-0.4, -0.2) is 21.5 Å². The van der Waals surface area contributed by atoms with Gasteiger partial charge in [0.1, 0.15) is 0 Å². The van der Waals surface area contributed by atoms with E-state index in [1.165, 1.54) is 12.8 Å². The second-order valence-corrected chi connectivity index (χ2v) is 6.72. The Balaban J connectivity index is 2.03. The molecule has 1 aromatic carbocycles. The lowest BCUT2D eigenvalue weighted by Gasteiger charge is -2.08. The fraction of sp³-hybridized carbons (Fsp3) is 0.467. The van der Waals surface area contributed by atoms with Crippen molar-refractivity contribution in [1.29, 1.82) is 0 Å². The maximum Gasteiger partial charge on any atom is 0.241 e. The van der Waals surface area contributed by atoms with Crippen molar-refractivity contribution < 1.29 is 8.42 Å². The maximum absolute atomic E-state index is 12.3. The summed E-state index contributed by atoms with van der Waals surface area (Å²) in [6.45, 7) is 0.695. The largest absolute Gasteiger partial charge is 0.320 e. The Labute approximate surface area is 120 Å². The Morgan fingerprint density at radius 3 is 2.75 bits per heavy atom. The van der Waals surface area contributed by atoms with Gasteiger partial charge in [-0.1, -0.05) is 36.8 Å². The van der Waals surface area contributed by atoms with Crippen LogP contribution in [0.5, 0.6) is 0 Å². The van der Waals surface area contributed by atoms with Gasteiger partial charge < -0.3 is 5.73 Å². The molecule has 3 N–H and O–H groups in total. The molecule has 20 heavy (non-hydrogen) atoms. The molecule has 0 aliphatic heterocycles. The van der Waals surface area contributed by atoms with Gasteiger partial charge in [-0.05, 0) is 30.9 Å². The lowest BCUT2D eigenvalue weighted by Crippen LogP contribution is -2.25. The number of nitrogens with two attached hydrogens (primary N) is 1. The highest BCUT2D eigenvalue weighted by molar-refractivity contribution is 7.89. The van der Waals surface area contributed by atoms with Gasteiger partial charge in [0.2, 0.25) is 10.0 Å². The second-order valence-electron chi connectivity index (χ2n) is 4.99. The first-order valence-corrected chi connectivity index (χ1v) is 8.39. The van der Waals surface area contributed by atoms with Crippen molar-refractivity contribution in [2.45, 2.75) is 30.6 Å². The Hall–Kier alpha value is -1.35. The van der Waals surface area contributed by atoms with E-state index >= 15 is 0 Å². The molecule has 0 amide bonds. The molecule has 0 saturated heterocycles. The van der Waals surface area contributed by atoms with E-state index in [-0.39, 0.29) is 11.4 Å². The van der Waals surface area contributed by atoms with Crippen molar-refractivity contribution >= 4 is 10.0 Å². The van der Waals surface area contributed by atoms with Crippen molar-refractivity contribution in [3.8, 4) is 11.8 Å². The Morgan fingerprint density at radius 1 is 1.30 bits per heavy atom.